The Bertz CT molecular complexity index is 1140. The number of anilines is 2. The summed E-state index contributed by atoms with van der Waals surface area (Å²) in [5.41, 5.74) is 8.50. The first kappa shape index (κ1) is 23.8. The molecule has 0 fully saturated rings. The highest BCUT2D eigenvalue weighted by Crippen LogP contribution is 2.40. The SMILES string of the molecule is CCC(CC)n1c(O)c(C=C(C)C)c2c(C)nc(N(CC)c3c(C)cc(C)cc3C)nc21. The Balaban J connectivity index is 2.36. The molecule has 0 aliphatic rings. The molecule has 5 nitrogen and oxygen atoms in total. The normalized spacial score (nSPS) is 11.4. The van der Waals surface area contributed by atoms with Crippen LogP contribution in [0.5, 0.6) is 5.88 Å². The zero-order valence-electron chi connectivity index (χ0n) is 21.2. The van der Waals surface area contributed by atoms with Gasteiger partial charge in [-0.3, -0.25) is 4.57 Å². The molecule has 1 N–H and O–H groups in total. The van der Waals surface area contributed by atoms with Crippen LogP contribution in [-0.4, -0.2) is 26.2 Å². The van der Waals surface area contributed by atoms with Crippen molar-refractivity contribution >= 4 is 28.7 Å². The number of hydrogen-bond acceptors (Lipinski definition) is 4. The van der Waals surface area contributed by atoms with Gasteiger partial charge < -0.3 is 10.0 Å². The predicted octanol–water partition coefficient (Wildman–Crippen LogP) is 7.31. The Kier molecular flexibility index (Phi) is 6.97. The molecule has 0 unspecified atom stereocenters. The van der Waals surface area contributed by atoms with Crippen molar-refractivity contribution < 1.29 is 5.11 Å². The van der Waals surface area contributed by atoms with Crippen molar-refractivity contribution in [2.45, 2.75) is 81.2 Å². The highest BCUT2D eigenvalue weighted by molar-refractivity contribution is 5.93. The number of allylic oxidation sites excluding steroid dienone is 1. The van der Waals surface area contributed by atoms with Gasteiger partial charge in [0.15, 0.2) is 0 Å². The number of aromatic hydroxyl groups is 1. The number of aromatic nitrogens is 3. The zero-order valence-corrected chi connectivity index (χ0v) is 21.2. The van der Waals surface area contributed by atoms with Gasteiger partial charge in [-0.25, -0.2) is 4.98 Å². The van der Waals surface area contributed by atoms with Gasteiger partial charge in [-0.1, -0.05) is 43.2 Å². The minimum absolute atomic E-state index is 0.178. The number of hydrogen-bond donors (Lipinski definition) is 1. The number of benzene rings is 1. The van der Waals surface area contributed by atoms with E-state index in [1.54, 1.807) is 0 Å². The minimum Gasteiger partial charge on any atom is -0.494 e. The molecule has 172 valence electrons. The van der Waals surface area contributed by atoms with Gasteiger partial charge in [-0.05, 0) is 72.4 Å². The third-order valence-electron chi connectivity index (χ3n) is 6.23. The van der Waals surface area contributed by atoms with Crippen LogP contribution >= 0.6 is 0 Å². The van der Waals surface area contributed by atoms with Crippen molar-refractivity contribution in [2.75, 3.05) is 11.4 Å². The van der Waals surface area contributed by atoms with Gasteiger partial charge in [0.25, 0.3) is 0 Å². The molecule has 1 aromatic carbocycles. The number of aryl methyl sites for hydroxylation is 4. The average molecular weight is 435 g/mol. The number of nitrogens with zero attached hydrogens (tertiary/aromatic N) is 4. The quantitative estimate of drug-likeness (QED) is 0.423. The zero-order chi connectivity index (χ0) is 23.7. The molecule has 5 heteroatoms. The highest BCUT2D eigenvalue weighted by Gasteiger charge is 2.25. The maximum atomic E-state index is 11.3. The molecule has 0 amide bonds. The second-order valence-electron chi connectivity index (χ2n) is 9.10. The van der Waals surface area contributed by atoms with E-state index < -0.39 is 0 Å². The number of rotatable bonds is 7. The monoisotopic (exact) mass is 434 g/mol. The summed E-state index contributed by atoms with van der Waals surface area (Å²) in [4.78, 5) is 12.2. The Morgan fingerprint density at radius 1 is 1.03 bits per heavy atom. The maximum Gasteiger partial charge on any atom is 0.232 e. The van der Waals surface area contributed by atoms with Gasteiger partial charge in [-0.2, -0.15) is 4.98 Å². The molecule has 2 heterocycles. The van der Waals surface area contributed by atoms with Crippen LogP contribution < -0.4 is 4.90 Å². The largest absolute Gasteiger partial charge is 0.494 e. The predicted molar refractivity (Wildman–Crippen MR) is 136 cm³/mol. The fourth-order valence-corrected chi connectivity index (χ4v) is 4.92. The summed E-state index contributed by atoms with van der Waals surface area (Å²) < 4.78 is 2.02. The molecular weight excluding hydrogens is 396 g/mol. The number of fused-ring (bicyclic) bond motifs is 1. The van der Waals surface area contributed by atoms with Gasteiger partial charge in [-0.15, -0.1) is 0 Å². The summed E-state index contributed by atoms with van der Waals surface area (Å²) >= 11 is 0. The van der Waals surface area contributed by atoms with Crippen LogP contribution in [0.4, 0.5) is 11.6 Å². The van der Waals surface area contributed by atoms with E-state index >= 15 is 0 Å². The van der Waals surface area contributed by atoms with Crippen molar-refractivity contribution in [1.82, 2.24) is 14.5 Å². The van der Waals surface area contributed by atoms with E-state index in [9.17, 15) is 5.11 Å². The summed E-state index contributed by atoms with van der Waals surface area (Å²) in [7, 11) is 0. The summed E-state index contributed by atoms with van der Waals surface area (Å²) in [5.74, 6) is 0.969. The lowest BCUT2D eigenvalue weighted by Crippen LogP contribution is -2.22. The van der Waals surface area contributed by atoms with E-state index in [4.69, 9.17) is 9.97 Å². The van der Waals surface area contributed by atoms with Gasteiger partial charge in [0.05, 0.1) is 11.1 Å². The molecule has 0 atom stereocenters. The van der Waals surface area contributed by atoms with E-state index in [1.165, 1.54) is 16.7 Å². The van der Waals surface area contributed by atoms with E-state index in [1.807, 2.05) is 31.4 Å². The fraction of sp³-hybridized carbons (Fsp3) is 0.481. The third kappa shape index (κ3) is 4.13. The molecule has 3 aromatic rings. The summed E-state index contributed by atoms with van der Waals surface area (Å²) in [6.07, 6.45) is 3.89. The van der Waals surface area contributed by atoms with Crippen LogP contribution in [0.15, 0.2) is 17.7 Å². The van der Waals surface area contributed by atoms with E-state index in [0.717, 1.165) is 52.9 Å². The topological polar surface area (TPSA) is 54.2 Å². The Hall–Kier alpha value is -2.82. The molecule has 2 aromatic heterocycles. The molecule has 32 heavy (non-hydrogen) atoms. The molecule has 0 aliphatic heterocycles. The van der Waals surface area contributed by atoms with Crippen LogP contribution in [0.25, 0.3) is 17.1 Å². The first-order valence-electron chi connectivity index (χ1n) is 11.8. The lowest BCUT2D eigenvalue weighted by Gasteiger charge is -2.26. The highest BCUT2D eigenvalue weighted by atomic mass is 16.3. The smallest absolute Gasteiger partial charge is 0.232 e. The first-order valence-corrected chi connectivity index (χ1v) is 11.8. The Morgan fingerprint density at radius 3 is 2.12 bits per heavy atom. The van der Waals surface area contributed by atoms with Crippen LogP contribution in [0.2, 0.25) is 0 Å². The molecule has 3 rings (SSSR count). The second kappa shape index (κ2) is 9.35. The van der Waals surface area contributed by atoms with Crippen molar-refractivity contribution in [2.24, 2.45) is 0 Å². The molecule has 0 spiro atoms. The van der Waals surface area contributed by atoms with Crippen molar-refractivity contribution in [3.63, 3.8) is 0 Å². The van der Waals surface area contributed by atoms with E-state index in [-0.39, 0.29) is 11.9 Å². The molecule has 0 radical (unpaired) electrons. The van der Waals surface area contributed by atoms with Crippen LogP contribution in [0.1, 0.15) is 81.4 Å². The minimum atomic E-state index is 0.178. The fourth-order valence-electron chi connectivity index (χ4n) is 4.92. The van der Waals surface area contributed by atoms with Crippen LogP contribution in [0, 0.1) is 27.7 Å². The molecular formula is C27H38N4O. The summed E-state index contributed by atoms with van der Waals surface area (Å²) in [5, 5.41) is 12.2. The van der Waals surface area contributed by atoms with Crippen molar-refractivity contribution in [3.8, 4) is 5.88 Å². The standard InChI is InChI=1S/C27H38N4O/c1-10-21(11-2)31-25-23(22(26(31)32)13-16(4)5)20(9)28-27(29-25)30(12-3)24-18(7)14-17(6)15-19(24)8/h13-15,21,32H,10-12H2,1-9H3. The molecule has 0 saturated heterocycles. The molecule has 0 saturated carbocycles. The Morgan fingerprint density at radius 2 is 1.62 bits per heavy atom. The lowest BCUT2D eigenvalue weighted by molar-refractivity contribution is 0.374. The maximum absolute atomic E-state index is 11.3. The van der Waals surface area contributed by atoms with Gasteiger partial charge in [0, 0.05) is 23.8 Å². The summed E-state index contributed by atoms with van der Waals surface area (Å²) in [6, 6.07) is 4.60. The molecule has 0 aliphatic carbocycles. The molecule has 0 bridgehead atoms. The van der Waals surface area contributed by atoms with Gasteiger partial charge in [0.1, 0.15) is 5.65 Å². The van der Waals surface area contributed by atoms with Crippen molar-refractivity contribution in [3.05, 3.63) is 45.7 Å². The second-order valence-corrected chi connectivity index (χ2v) is 9.10. The van der Waals surface area contributed by atoms with Crippen molar-refractivity contribution in [1.29, 1.82) is 0 Å². The summed E-state index contributed by atoms with van der Waals surface area (Å²) in [6.45, 7) is 19.8. The first-order chi connectivity index (χ1) is 15.1. The van der Waals surface area contributed by atoms with E-state index in [2.05, 4.69) is 58.6 Å². The lowest BCUT2D eigenvalue weighted by atomic mass is 10.0. The van der Waals surface area contributed by atoms with E-state index in [0.29, 0.717) is 5.95 Å². The van der Waals surface area contributed by atoms with Crippen LogP contribution in [-0.2, 0) is 0 Å². The third-order valence-corrected chi connectivity index (χ3v) is 6.23. The average Bonchev–Trinajstić information content (AvgIpc) is 2.97. The van der Waals surface area contributed by atoms with Crippen LogP contribution in [0.3, 0.4) is 0 Å². The van der Waals surface area contributed by atoms with Gasteiger partial charge in [0.2, 0.25) is 11.8 Å². The van der Waals surface area contributed by atoms with Gasteiger partial charge >= 0.3 is 0 Å². The Labute approximate surface area is 192 Å².